The number of aryl methyl sites for hydroxylation is 2. The van der Waals surface area contributed by atoms with Crippen molar-refractivity contribution in [2.24, 2.45) is 0 Å². The lowest BCUT2D eigenvalue weighted by molar-refractivity contribution is -0.147. The maximum Gasteiger partial charge on any atom is 0.306 e. The second-order valence-corrected chi connectivity index (χ2v) is 6.25. The van der Waals surface area contributed by atoms with E-state index in [1.54, 1.807) is 19.9 Å². The lowest BCUT2D eigenvalue weighted by Crippen LogP contribution is -2.21. The number of benzene rings is 1. The maximum atomic E-state index is 11.9. The first-order valence-electron chi connectivity index (χ1n) is 8.46. The van der Waals surface area contributed by atoms with Gasteiger partial charge in [0.05, 0.1) is 0 Å². The number of nitriles is 1. The average Bonchev–Trinajstić information content (AvgIpc) is 2.60. The summed E-state index contributed by atoms with van der Waals surface area (Å²) in [4.78, 5) is 38.1. The Balaban J connectivity index is 1.89. The van der Waals surface area contributed by atoms with Crippen LogP contribution in [-0.2, 0) is 20.7 Å². The number of anilines is 1. The number of carbonyl (C=O) groups excluding carboxylic acids is 2. The van der Waals surface area contributed by atoms with Gasteiger partial charge in [0.15, 0.2) is 6.61 Å². The highest BCUT2D eigenvalue weighted by Crippen LogP contribution is 2.15. The van der Waals surface area contributed by atoms with Crippen molar-refractivity contribution in [3.63, 3.8) is 0 Å². The topological polar surface area (TPSA) is 112 Å². The number of rotatable bonds is 6. The Labute approximate surface area is 157 Å². The number of aromatic nitrogens is 1. The minimum absolute atomic E-state index is 0.0380. The Kier molecular flexibility index (Phi) is 6.50. The van der Waals surface area contributed by atoms with Gasteiger partial charge in [0.25, 0.3) is 11.5 Å². The molecule has 0 saturated heterocycles. The molecule has 1 aromatic carbocycles. The summed E-state index contributed by atoms with van der Waals surface area (Å²) in [7, 11) is 0. The summed E-state index contributed by atoms with van der Waals surface area (Å²) in [6.45, 7) is 4.93. The van der Waals surface area contributed by atoms with Crippen LogP contribution in [0.3, 0.4) is 0 Å². The molecule has 1 aromatic heterocycles. The average molecular weight is 367 g/mol. The van der Waals surface area contributed by atoms with Gasteiger partial charge in [0, 0.05) is 17.8 Å². The van der Waals surface area contributed by atoms with Crippen LogP contribution in [0.4, 0.5) is 5.69 Å². The van der Waals surface area contributed by atoms with Gasteiger partial charge >= 0.3 is 5.97 Å². The van der Waals surface area contributed by atoms with Crippen molar-refractivity contribution in [1.29, 1.82) is 5.26 Å². The molecule has 0 radical (unpaired) electrons. The number of esters is 1. The number of H-pyrrole nitrogens is 1. The highest BCUT2D eigenvalue weighted by atomic mass is 16.5. The number of hydrogen-bond acceptors (Lipinski definition) is 5. The molecule has 2 rings (SSSR count). The molecule has 0 saturated carbocycles. The molecule has 7 nitrogen and oxygen atoms in total. The van der Waals surface area contributed by atoms with E-state index in [1.165, 1.54) is 0 Å². The predicted octanol–water partition coefficient (Wildman–Crippen LogP) is 2.29. The summed E-state index contributed by atoms with van der Waals surface area (Å²) in [5, 5.41) is 11.7. The van der Waals surface area contributed by atoms with Crippen LogP contribution in [0.2, 0.25) is 0 Å². The van der Waals surface area contributed by atoms with Crippen molar-refractivity contribution in [3.8, 4) is 6.07 Å². The smallest absolute Gasteiger partial charge is 0.306 e. The maximum absolute atomic E-state index is 11.9. The van der Waals surface area contributed by atoms with Crippen LogP contribution in [0.15, 0.2) is 29.1 Å². The van der Waals surface area contributed by atoms with E-state index in [9.17, 15) is 14.4 Å². The molecule has 2 aromatic rings. The summed E-state index contributed by atoms with van der Waals surface area (Å²) in [6, 6.07) is 9.17. The van der Waals surface area contributed by atoms with E-state index >= 15 is 0 Å². The van der Waals surface area contributed by atoms with Gasteiger partial charge in [-0.25, -0.2) is 0 Å². The first-order valence-corrected chi connectivity index (χ1v) is 8.46. The molecule has 0 aliphatic heterocycles. The summed E-state index contributed by atoms with van der Waals surface area (Å²) in [5.74, 6) is -0.949. The third kappa shape index (κ3) is 5.28. The zero-order valence-corrected chi connectivity index (χ0v) is 15.5. The predicted molar refractivity (Wildman–Crippen MR) is 100 cm³/mol. The molecule has 0 spiro atoms. The normalized spacial score (nSPS) is 10.1. The zero-order valence-electron chi connectivity index (χ0n) is 15.5. The van der Waals surface area contributed by atoms with Crippen molar-refractivity contribution in [2.75, 3.05) is 11.9 Å². The number of aromatic amines is 1. The molecule has 140 valence electrons. The van der Waals surface area contributed by atoms with Gasteiger partial charge in [-0.3, -0.25) is 14.4 Å². The molecular weight excluding hydrogens is 346 g/mol. The Morgan fingerprint density at radius 3 is 2.67 bits per heavy atom. The molecule has 0 bridgehead atoms. The molecule has 0 fully saturated rings. The summed E-state index contributed by atoms with van der Waals surface area (Å²) in [5.41, 5.74) is 3.15. The van der Waals surface area contributed by atoms with Gasteiger partial charge in [-0.2, -0.15) is 5.26 Å². The molecule has 0 unspecified atom stereocenters. The molecule has 7 heteroatoms. The number of hydrogen-bond donors (Lipinski definition) is 2. The lowest BCUT2D eigenvalue weighted by atomic mass is 9.99. The zero-order chi connectivity index (χ0) is 20.0. The number of nitrogens with zero attached hydrogens (tertiary/aromatic N) is 1. The number of pyridine rings is 1. The van der Waals surface area contributed by atoms with E-state index in [2.05, 4.69) is 10.3 Å². The first-order chi connectivity index (χ1) is 12.8. The van der Waals surface area contributed by atoms with Crippen LogP contribution in [0.25, 0.3) is 0 Å². The van der Waals surface area contributed by atoms with Gasteiger partial charge in [-0.1, -0.05) is 12.1 Å². The monoisotopic (exact) mass is 367 g/mol. The first kappa shape index (κ1) is 19.9. The molecule has 1 heterocycles. The number of nitrogens with one attached hydrogen (secondary N) is 2. The van der Waals surface area contributed by atoms with E-state index < -0.39 is 17.4 Å². The van der Waals surface area contributed by atoms with Crippen molar-refractivity contribution >= 4 is 17.6 Å². The number of carbonyl (C=O) groups is 2. The van der Waals surface area contributed by atoms with Crippen LogP contribution in [0, 0.1) is 32.1 Å². The third-order valence-corrected chi connectivity index (χ3v) is 4.17. The van der Waals surface area contributed by atoms with E-state index in [1.807, 2.05) is 31.2 Å². The fraction of sp³-hybridized carbons (Fsp3) is 0.300. The van der Waals surface area contributed by atoms with Crippen LogP contribution >= 0.6 is 0 Å². The molecule has 0 aliphatic rings. The van der Waals surface area contributed by atoms with Gasteiger partial charge in [-0.15, -0.1) is 0 Å². The SMILES string of the molecule is Cc1cccc(NC(=O)COC(=O)CCc2c(C)[nH]c(=O)c(C#N)c2C)c1. The summed E-state index contributed by atoms with van der Waals surface area (Å²) >= 11 is 0. The van der Waals surface area contributed by atoms with Crippen LogP contribution in [-0.4, -0.2) is 23.5 Å². The number of amides is 1. The highest BCUT2D eigenvalue weighted by Gasteiger charge is 2.14. The van der Waals surface area contributed by atoms with Gasteiger partial charge in [-0.05, 0) is 56.0 Å². The number of ether oxygens (including phenoxy) is 1. The van der Waals surface area contributed by atoms with Gasteiger partial charge in [0.1, 0.15) is 11.6 Å². The van der Waals surface area contributed by atoms with Gasteiger partial charge in [0.2, 0.25) is 0 Å². The quantitative estimate of drug-likeness (QED) is 0.761. The molecule has 0 aliphatic carbocycles. The third-order valence-electron chi connectivity index (χ3n) is 4.17. The van der Waals surface area contributed by atoms with Crippen molar-refractivity contribution in [1.82, 2.24) is 4.98 Å². The van der Waals surface area contributed by atoms with E-state index in [4.69, 9.17) is 10.00 Å². The summed E-state index contributed by atoms with van der Waals surface area (Å²) < 4.78 is 5.00. The van der Waals surface area contributed by atoms with Crippen LogP contribution in [0.1, 0.15) is 34.4 Å². The molecular formula is C20H21N3O4. The Bertz CT molecular complexity index is 970. The van der Waals surface area contributed by atoms with Crippen LogP contribution in [0.5, 0.6) is 0 Å². The molecule has 1 amide bonds. The highest BCUT2D eigenvalue weighted by molar-refractivity contribution is 5.92. The largest absolute Gasteiger partial charge is 0.456 e. The molecule has 0 atom stereocenters. The standard InChI is InChI=1S/C20H21N3O4/c1-12-5-4-6-15(9-12)23-18(24)11-27-19(25)8-7-16-13(2)17(10-21)20(26)22-14(16)3/h4-6,9H,7-8,11H2,1-3H3,(H,22,26)(H,23,24). The van der Waals surface area contributed by atoms with Crippen molar-refractivity contribution < 1.29 is 14.3 Å². The van der Waals surface area contributed by atoms with Gasteiger partial charge < -0.3 is 15.0 Å². The van der Waals surface area contributed by atoms with Crippen molar-refractivity contribution in [2.45, 2.75) is 33.6 Å². The lowest BCUT2D eigenvalue weighted by Gasteiger charge is -2.11. The van der Waals surface area contributed by atoms with E-state index in [-0.39, 0.29) is 18.6 Å². The Morgan fingerprint density at radius 1 is 1.26 bits per heavy atom. The second kappa shape index (κ2) is 8.81. The van der Waals surface area contributed by atoms with E-state index in [0.29, 0.717) is 23.4 Å². The van der Waals surface area contributed by atoms with Crippen LogP contribution < -0.4 is 10.9 Å². The Hall–Kier alpha value is -3.40. The fourth-order valence-corrected chi connectivity index (χ4v) is 2.79. The summed E-state index contributed by atoms with van der Waals surface area (Å²) in [6.07, 6.45) is 0.345. The fourth-order valence-electron chi connectivity index (χ4n) is 2.79. The minimum atomic E-state index is -0.530. The molecule has 27 heavy (non-hydrogen) atoms. The Morgan fingerprint density at radius 2 is 2.00 bits per heavy atom. The minimum Gasteiger partial charge on any atom is -0.456 e. The second-order valence-electron chi connectivity index (χ2n) is 6.25. The van der Waals surface area contributed by atoms with Crippen molar-refractivity contribution in [3.05, 3.63) is 62.6 Å². The van der Waals surface area contributed by atoms with E-state index in [0.717, 1.165) is 11.1 Å². The molecule has 2 N–H and O–H groups in total.